The Morgan fingerprint density at radius 3 is 2.80 bits per heavy atom. The summed E-state index contributed by atoms with van der Waals surface area (Å²) < 4.78 is 13.9. The van der Waals surface area contributed by atoms with Crippen LogP contribution in [-0.2, 0) is 6.42 Å². The van der Waals surface area contributed by atoms with Crippen LogP contribution in [0.2, 0.25) is 5.02 Å². The maximum Gasteiger partial charge on any atom is 0.127 e. The zero-order chi connectivity index (χ0) is 14.1. The molecule has 1 N–H and O–H groups in total. The summed E-state index contributed by atoms with van der Waals surface area (Å²) in [5.41, 5.74) is 0.664. The normalized spacial score (nSPS) is 29.9. The Morgan fingerprint density at radius 1 is 1.35 bits per heavy atom. The Bertz CT molecular complexity index is 456. The second-order valence-electron chi connectivity index (χ2n) is 6.56. The van der Waals surface area contributed by atoms with Crippen LogP contribution >= 0.6 is 11.6 Å². The lowest BCUT2D eigenvalue weighted by atomic mass is 9.83. The van der Waals surface area contributed by atoms with Gasteiger partial charge in [-0.25, -0.2) is 4.39 Å². The fourth-order valence-corrected chi connectivity index (χ4v) is 4.55. The average molecular weight is 296 g/mol. The van der Waals surface area contributed by atoms with Crippen LogP contribution in [0.25, 0.3) is 0 Å². The number of fused-ring (bicyclic) bond motifs is 2. The van der Waals surface area contributed by atoms with Crippen LogP contribution in [0.5, 0.6) is 0 Å². The number of rotatable bonds is 5. The van der Waals surface area contributed by atoms with E-state index in [4.69, 9.17) is 11.6 Å². The quantitative estimate of drug-likeness (QED) is 0.847. The minimum absolute atomic E-state index is 0.175. The van der Waals surface area contributed by atoms with Gasteiger partial charge in [0.25, 0.3) is 0 Å². The van der Waals surface area contributed by atoms with Crippen molar-refractivity contribution in [3.63, 3.8) is 0 Å². The van der Waals surface area contributed by atoms with Gasteiger partial charge in [0.05, 0.1) is 0 Å². The van der Waals surface area contributed by atoms with E-state index in [1.165, 1.54) is 31.7 Å². The van der Waals surface area contributed by atoms with E-state index >= 15 is 0 Å². The SMILES string of the molecule is CNC(Cc1c(F)cccc1Cl)CC1CC2CCC1C2. The van der Waals surface area contributed by atoms with Crippen LogP contribution < -0.4 is 5.32 Å². The Hall–Kier alpha value is -0.600. The van der Waals surface area contributed by atoms with Gasteiger partial charge in [0.1, 0.15) is 5.82 Å². The lowest BCUT2D eigenvalue weighted by Crippen LogP contribution is -2.32. The standard InChI is InChI=1S/C17H23ClFN/c1-20-14(9-13-8-11-5-6-12(13)7-11)10-15-16(18)3-2-4-17(15)19/h2-4,11-14,20H,5-10H2,1H3. The van der Waals surface area contributed by atoms with Gasteiger partial charge in [-0.3, -0.25) is 0 Å². The molecule has 2 saturated carbocycles. The van der Waals surface area contributed by atoms with E-state index in [1.807, 2.05) is 7.05 Å². The van der Waals surface area contributed by atoms with Crippen LogP contribution in [0.3, 0.4) is 0 Å². The number of halogens is 2. The smallest absolute Gasteiger partial charge is 0.127 e. The number of likely N-dealkylation sites (N-methyl/N-ethyl adjacent to an activating group) is 1. The number of hydrogen-bond donors (Lipinski definition) is 1. The second kappa shape index (κ2) is 6.03. The summed E-state index contributed by atoms with van der Waals surface area (Å²) in [5, 5.41) is 3.92. The summed E-state index contributed by atoms with van der Waals surface area (Å²) in [6.07, 6.45) is 7.50. The van der Waals surface area contributed by atoms with E-state index in [9.17, 15) is 4.39 Å². The van der Waals surface area contributed by atoms with Gasteiger partial charge in [-0.15, -0.1) is 0 Å². The first-order valence-electron chi connectivity index (χ1n) is 7.77. The van der Waals surface area contributed by atoms with Gasteiger partial charge in [0, 0.05) is 16.6 Å². The van der Waals surface area contributed by atoms with Gasteiger partial charge >= 0.3 is 0 Å². The minimum Gasteiger partial charge on any atom is -0.317 e. The largest absolute Gasteiger partial charge is 0.317 e. The van der Waals surface area contributed by atoms with Crippen molar-refractivity contribution in [2.24, 2.45) is 17.8 Å². The molecule has 110 valence electrons. The van der Waals surface area contributed by atoms with Gasteiger partial charge in [0.15, 0.2) is 0 Å². The molecule has 0 radical (unpaired) electrons. The molecule has 0 spiro atoms. The van der Waals surface area contributed by atoms with Gasteiger partial charge in [-0.05, 0) is 69.0 Å². The Kier molecular flexibility index (Phi) is 4.32. The first-order chi connectivity index (χ1) is 9.67. The summed E-state index contributed by atoms with van der Waals surface area (Å²) in [7, 11) is 1.98. The molecule has 2 aliphatic carbocycles. The Labute approximate surface area is 125 Å². The van der Waals surface area contributed by atoms with Crippen molar-refractivity contribution in [3.8, 4) is 0 Å². The third kappa shape index (κ3) is 2.87. The Morgan fingerprint density at radius 2 is 2.20 bits per heavy atom. The molecule has 0 aliphatic heterocycles. The molecule has 0 aromatic heterocycles. The second-order valence-corrected chi connectivity index (χ2v) is 6.97. The molecule has 1 nitrogen and oxygen atoms in total. The van der Waals surface area contributed by atoms with Crippen LogP contribution in [0, 0.1) is 23.6 Å². The summed E-state index contributed by atoms with van der Waals surface area (Å²) in [4.78, 5) is 0. The third-order valence-corrected chi connectivity index (χ3v) is 5.75. The van der Waals surface area contributed by atoms with Crippen molar-refractivity contribution >= 4 is 11.6 Å². The molecule has 0 heterocycles. The number of benzene rings is 1. The monoisotopic (exact) mass is 295 g/mol. The highest BCUT2D eigenvalue weighted by Gasteiger charge is 2.40. The minimum atomic E-state index is -0.175. The predicted molar refractivity (Wildman–Crippen MR) is 81.5 cm³/mol. The van der Waals surface area contributed by atoms with E-state index < -0.39 is 0 Å². The molecule has 2 bridgehead atoms. The van der Waals surface area contributed by atoms with Gasteiger partial charge < -0.3 is 5.32 Å². The average Bonchev–Trinajstić information content (AvgIpc) is 3.04. The zero-order valence-electron chi connectivity index (χ0n) is 12.0. The highest BCUT2D eigenvalue weighted by atomic mass is 35.5. The molecule has 4 atom stereocenters. The molecule has 20 heavy (non-hydrogen) atoms. The third-order valence-electron chi connectivity index (χ3n) is 5.39. The molecule has 3 heteroatoms. The predicted octanol–water partition coefficient (Wildman–Crippen LogP) is 4.44. The summed E-state index contributed by atoms with van der Waals surface area (Å²) in [6, 6.07) is 5.29. The van der Waals surface area contributed by atoms with E-state index in [0.29, 0.717) is 23.0 Å². The molecule has 2 aliphatic rings. The molecule has 1 aromatic rings. The first kappa shape index (κ1) is 14.3. The summed E-state index contributed by atoms with van der Waals surface area (Å²) in [5.74, 6) is 2.55. The Balaban J connectivity index is 1.65. The van der Waals surface area contributed by atoms with Crippen LogP contribution in [0.4, 0.5) is 4.39 Å². The fourth-order valence-electron chi connectivity index (χ4n) is 4.31. The van der Waals surface area contributed by atoms with Gasteiger partial charge in [-0.2, -0.15) is 0 Å². The highest BCUT2D eigenvalue weighted by molar-refractivity contribution is 6.31. The number of hydrogen-bond acceptors (Lipinski definition) is 1. The van der Waals surface area contributed by atoms with Gasteiger partial charge in [0.2, 0.25) is 0 Å². The van der Waals surface area contributed by atoms with E-state index in [0.717, 1.165) is 24.2 Å². The molecular weight excluding hydrogens is 273 g/mol. The van der Waals surface area contributed by atoms with Crippen molar-refractivity contribution in [1.82, 2.24) is 5.32 Å². The highest BCUT2D eigenvalue weighted by Crippen LogP contribution is 2.50. The lowest BCUT2D eigenvalue weighted by molar-refractivity contribution is 0.281. The first-order valence-corrected chi connectivity index (χ1v) is 8.15. The van der Waals surface area contributed by atoms with E-state index in [-0.39, 0.29) is 5.82 Å². The van der Waals surface area contributed by atoms with E-state index in [2.05, 4.69) is 5.32 Å². The van der Waals surface area contributed by atoms with Crippen molar-refractivity contribution in [3.05, 3.63) is 34.6 Å². The molecule has 2 fully saturated rings. The van der Waals surface area contributed by atoms with Crippen molar-refractivity contribution in [2.75, 3.05) is 7.05 Å². The van der Waals surface area contributed by atoms with Crippen LogP contribution in [0.15, 0.2) is 18.2 Å². The lowest BCUT2D eigenvalue weighted by Gasteiger charge is -2.27. The van der Waals surface area contributed by atoms with Crippen molar-refractivity contribution < 1.29 is 4.39 Å². The van der Waals surface area contributed by atoms with Crippen LogP contribution in [0.1, 0.15) is 37.7 Å². The van der Waals surface area contributed by atoms with Crippen molar-refractivity contribution in [2.45, 2.75) is 44.6 Å². The van der Waals surface area contributed by atoms with Crippen LogP contribution in [-0.4, -0.2) is 13.1 Å². The molecule has 1 aromatic carbocycles. The fraction of sp³-hybridized carbons (Fsp3) is 0.647. The molecule has 4 unspecified atom stereocenters. The van der Waals surface area contributed by atoms with E-state index in [1.54, 1.807) is 12.1 Å². The topological polar surface area (TPSA) is 12.0 Å². The molecular formula is C17H23ClFN. The number of nitrogens with one attached hydrogen (secondary N) is 1. The molecule has 3 rings (SSSR count). The molecule has 0 amide bonds. The maximum absolute atomic E-state index is 13.9. The zero-order valence-corrected chi connectivity index (χ0v) is 12.8. The summed E-state index contributed by atoms with van der Waals surface area (Å²) >= 11 is 6.14. The summed E-state index contributed by atoms with van der Waals surface area (Å²) in [6.45, 7) is 0. The van der Waals surface area contributed by atoms with Crippen molar-refractivity contribution in [1.29, 1.82) is 0 Å². The molecule has 0 saturated heterocycles. The maximum atomic E-state index is 13.9. The van der Waals surface area contributed by atoms with Gasteiger partial charge in [-0.1, -0.05) is 24.1 Å².